The van der Waals surface area contributed by atoms with Gasteiger partial charge in [0.25, 0.3) is 0 Å². The van der Waals surface area contributed by atoms with E-state index >= 15 is 0 Å². The van der Waals surface area contributed by atoms with E-state index in [9.17, 15) is 9.59 Å². The van der Waals surface area contributed by atoms with Gasteiger partial charge in [-0.3, -0.25) is 9.59 Å². The molecule has 148 valence electrons. The number of benzene rings is 2. The Morgan fingerprint density at radius 2 is 1.93 bits per heavy atom. The highest BCUT2D eigenvalue weighted by Gasteiger charge is 2.21. The summed E-state index contributed by atoms with van der Waals surface area (Å²) < 4.78 is 0.888. The summed E-state index contributed by atoms with van der Waals surface area (Å²) in [6.07, 6.45) is 1.54. The van der Waals surface area contributed by atoms with Crippen LogP contribution in [0.3, 0.4) is 0 Å². The van der Waals surface area contributed by atoms with Gasteiger partial charge in [0.2, 0.25) is 11.8 Å². The number of hydrogen-bond acceptors (Lipinski definition) is 5. The third-order valence-corrected chi connectivity index (χ3v) is 6.71. The molecule has 0 bridgehead atoms. The lowest BCUT2D eigenvalue weighted by Crippen LogP contribution is -2.25. The highest BCUT2D eigenvalue weighted by molar-refractivity contribution is 8.01. The van der Waals surface area contributed by atoms with Crippen molar-refractivity contribution in [3.8, 4) is 11.3 Å². The van der Waals surface area contributed by atoms with E-state index in [1.165, 1.54) is 11.8 Å². The number of aromatic nitrogens is 1. The Balaban J connectivity index is 1.24. The number of thioether (sulfide) groups is 1. The highest BCUT2D eigenvalue weighted by Crippen LogP contribution is 2.28. The minimum absolute atomic E-state index is 0.0229. The summed E-state index contributed by atoms with van der Waals surface area (Å²) in [5, 5.41) is 4.96. The van der Waals surface area contributed by atoms with Crippen LogP contribution in [0.15, 0.2) is 64.3 Å². The highest BCUT2D eigenvalue weighted by atomic mass is 32.2. The smallest absolute Gasteiger partial charge is 0.230 e. The minimum Gasteiger partial charge on any atom is -0.351 e. The largest absolute Gasteiger partial charge is 0.351 e. The van der Waals surface area contributed by atoms with Crippen molar-refractivity contribution in [1.29, 1.82) is 0 Å². The van der Waals surface area contributed by atoms with Crippen molar-refractivity contribution in [2.24, 2.45) is 0 Å². The van der Waals surface area contributed by atoms with Gasteiger partial charge in [0.05, 0.1) is 11.4 Å². The van der Waals surface area contributed by atoms with E-state index in [-0.39, 0.29) is 11.8 Å². The molecule has 2 amide bonds. The lowest BCUT2D eigenvalue weighted by Gasteiger charge is -2.16. The van der Waals surface area contributed by atoms with Gasteiger partial charge >= 0.3 is 0 Å². The van der Waals surface area contributed by atoms with Crippen molar-refractivity contribution >= 4 is 40.6 Å². The summed E-state index contributed by atoms with van der Waals surface area (Å²) in [7, 11) is 0. The van der Waals surface area contributed by atoms with Gasteiger partial charge in [0, 0.05) is 36.1 Å². The normalized spacial score (nSPS) is 13.7. The zero-order valence-corrected chi connectivity index (χ0v) is 17.5. The standard InChI is InChI=1S/C22H21N3O2S2/c26-20(15-29-22-24-19(14-28-22)17-5-2-1-3-6-17)23-13-16-8-10-18(11-9-16)25-12-4-7-21(25)27/h1-3,5-6,8-11,14H,4,7,12-13,15H2,(H,23,26). The molecule has 5 nitrogen and oxygen atoms in total. The van der Waals surface area contributed by atoms with Gasteiger partial charge in [-0.1, -0.05) is 54.2 Å². The fourth-order valence-electron chi connectivity index (χ4n) is 3.16. The lowest BCUT2D eigenvalue weighted by atomic mass is 10.2. The lowest BCUT2D eigenvalue weighted by molar-refractivity contribution is -0.119. The Hall–Kier alpha value is -2.64. The maximum absolute atomic E-state index is 12.2. The summed E-state index contributed by atoms with van der Waals surface area (Å²) >= 11 is 3.00. The maximum atomic E-state index is 12.2. The Labute approximate surface area is 178 Å². The van der Waals surface area contributed by atoms with Crippen molar-refractivity contribution in [2.45, 2.75) is 23.7 Å². The van der Waals surface area contributed by atoms with Gasteiger partial charge < -0.3 is 10.2 Å². The average Bonchev–Trinajstić information content (AvgIpc) is 3.41. The quantitative estimate of drug-likeness (QED) is 0.574. The molecule has 1 fully saturated rings. The van der Waals surface area contributed by atoms with Gasteiger partial charge in [-0.2, -0.15) is 0 Å². The van der Waals surface area contributed by atoms with Crippen LogP contribution < -0.4 is 10.2 Å². The third kappa shape index (κ3) is 5.05. The molecule has 1 aliphatic rings. The first-order valence-electron chi connectivity index (χ1n) is 9.49. The van der Waals surface area contributed by atoms with Crippen molar-refractivity contribution in [3.05, 3.63) is 65.5 Å². The average molecular weight is 424 g/mol. The zero-order chi connectivity index (χ0) is 20.1. The molecule has 0 atom stereocenters. The van der Waals surface area contributed by atoms with Gasteiger partial charge in [0.1, 0.15) is 0 Å². The van der Waals surface area contributed by atoms with Gasteiger partial charge in [-0.25, -0.2) is 4.98 Å². The maximum Gasteiger partial charge on any atom is 0.230 e. The number of thiazole rings is 1. The zero-order valence-electron chi connectivity index (χ0n) is 15.8. The van der Waals surface area contributed by atoms with Crippen molar-refractivity contribution in [2.75, 3.05) is 17.2 Å². The van der Waals surface area contributed by atoms with Crippen LogP contribution in [0.1, 0.15) is 18.4 Å². The Morgan fingerprint density at radius 1 is 1.14 bits per heavy atom. The predicted octanol–water partition coefficient (Wildman–Crippen LogP) is 4.35. The molecule has 4 rings (SSSR count). The first-order chi connectivity index (χ1) is 14.2. The molecule has 3 aromatic rings. The van der Waals surface area contributed by atoms with Gasteiger partial charge in [0.15, 0.2) is 4.34 Å². The summed E-state index contributed by atoms with van der Waals surface area (Å²) in [4.78, 5) is 30.4. The van der Waals surface area contributed by atoms with E-state index < -0.39 is 0 Å². The van der Waals surface area contributed by atoms with Crippen LogP contribution in [0, 0.1) is 0 Å². The van der Waals surface area contributed by atoms with Crippen molar-refractivity contribution in [1.82, 2.24) is 10.3 Å². The second-order valence-corrected chi connectivity index (χ2v) is 8.83. The summed E-state index contributed by atoms with van der Waals surface area (Å²) in [5.41, 5.74) is 3.96. The Morgan fingerprint density at radius 3 is 2.66 bits per heavy atom. The van der Waals surface area contributed by atoms with Gasteiger partial charge in [-0.05, 0) is 24.1 Å². The van der Waals surface area contributed by atoms with Crippen LogP contribution >= 0.6 is 23.1 Å². The molecule has 1 aromatic heterocycles. The molecule has 0 saturated carbocycles. The van der Waals surface area contributed by atoms with E-state index in [0.717, 1.165) is 39.8 Å². The fourth-order valence-corrected chi connectivity index (χ4v) is 4.82. The molecule has 0 spiro atoms. The van der Waals surface area contributed by atoms with E-state index in [0.29, 0.717) is 18.7 Å². The number of carbonyl (C=O) groups is 2. The van der Waals surface area contributed by atoms with Gasteiger partial charge in [-0.15, -0.1) is 11.3 Å². The molecular formula is C22H21N3O2S2. The Kier molecular flexibility index (Phi) is 6.27. The van der Waals surface area contributed by atoms with E-state index in [1.54, 1.807) is 11.3 Å². The second-order valence-electron chi connectivity index (χ2n) is 6.75. The molecule has 2 aromatic carbocycles. The van der Waals surface area contributed by atoms with Crippen LogP contribution in [0.4, 0.5) is 5.69 Å². The first kappa shape index (κ1) is 19.7. The number of hydrogen-bond donors (Lipinski definition) is 1. The van der Waals surface area contributed by atoms with Crippen LogP contribution in [-0.2, 0) is 16.1 Å². The molecule has 0 radical (unpaired) electrons. The molecular weight excluding hydrogens is 402 g/mol. The van der Waals surface area contributed by atoms with E-state index in [4.69, 9.17) is 0 Å². The number of carbonyl (C=O) groups excluding carboxylic acids is 2. The summed E-state index contributed by atoms with van der Waals surface area (Å²) in [6, 6.07) is 17.8. The van der Waals surface area contributed by atoms with Crippen LogP contribution in [0.2, 0.25) is 0 Å². The molecule has 1 N–H and O–H groups in total. The summed E-state index contributed by atoms with van der Waals surface area (Å²) in [6.45, 7) is 1.26. The number of anilines is 1. The second kappa shape index (κ2) is 9.24. The topological polar surface area (TPSA) is 62.3 Å². The fraction of sp³-hybridized carbons (Fsp3) is 0.227. The summed E-state index contributed by atoms with van der Waals surface area (Å²) in [5.74, 6) is 0.494. The molecule has 29 heavy (non-hydrogen) atoms. The minimum atomic E-state index is -0.0229. The molecule has 1 saturated heterocycles. The number of nitrogens with zero attached hydrogens (tertiary/aromatic N) is 2. The first-order valence-corrected chi connectivity index (χ1v) is 11.4. The van der Waals surface area contributed by atoms with Crippen LogP contribution in [0.25, 0.3) is 11.3 Å². The predicted molar refractivity (Wildman–Crippen MR) is 118 cm³/mol. The van der Waals surface area contributed by atoms with Crippen LogP contribution in [-0.4, -0.2) is 29.1 Å². The van der Waals surface area contributed by atoms with E-state index in [1.807, 2.05) is 64.9 Å². The molecule has 0 aliphatic carbocycles. The van der Waals surface area contributed by atoms with Crippen molar-refractivity contribution < 1.29 is 9.59 Å². The monoisotopic (exact) mass is 423 g/mol. The third-order valence-electron chi connectivity index (χ3n) is 4.69. The van der Waals surface area contributed by atoms with E-state index in [2.05, 4.69) is 10.3 Å². The molecule has 0 unspecified atom stereocenters. The van der Waals surface area contributed by atoms with Crippen LogP contribution in [0.5, 0.6) is 0 Å². The number of amides is 2. The SMILES string of the molecule is O=C(CSc1nc(-c2ccccc2)cs1)NCc1ccc(N2CCCC2=O)cc1. The molecule has 2 heterocycles. The molecule has 1 aliphatic heterocycles. The Bertz CT molecular complexity index is 987. The number of nitrogens with one attached hydrogen (secondary N) is 1. The molecule has 7 heteroatoms. The van der Waals surface area contributed by atoms with Crippen molar-refractivity contribution in [3.63, 3.8) is 0 Å². The number of rotatable bonds is 7.